The molecular formula is C11H19NO3. The summed E-state index contributed by atoms with van der Waals surface area (Å²) >= 11 is 0. The minimum absolute atomic E-state index is 0.0131. The first-order valence-corrected chi connectivity index (χ1v) is 5.37. The number of aliphatic hydroxyl groups is 1. The lowest BCUT2D eigenvalue weighted by Gasteiger charge is -2.34. The Kier molecular flexibility index (Phi) is 4.78. The van der Waals surface area contributed by atoms with Gasteiger partial charge in [0.25, 0.3) is 0 Å². The lowest BCUT2D eigenvalue weighted by atomic mass is 10.1. The highest BCUT2D eigenvalue weighted by atomic mass is 16.5. The Balaban J connectivity index is 2.67. The zero-order chi connectivity index (χ0) is 11.3. The Hall–Kier alpha value is -0.870. The standard InChI is InChI=1S/C11H19NO3/c1-3-4-9(2)11(14)12-5-6-15-8-10(12)7-13/h4,10,13H,3,5-8H2,1-2H3/b9-4-. The highest BCUT2D eigenvalue weighted by molar-refractivity contribution is 5.93. The molecular weight excluding hydrogens is 194 g/mol. The Bertz CT molecular complexity index is 250. The van der Waals surface area contributed by atoms with Crippen LogP contribution in [0.3, 0.4) is 0 Å². The van der Waals surface area contributed by atoms with E-state index in [2.05, 4.69) is 0 Å². The van der Waals surface area contributed by atoms with Crippen molar-refractivity contribution in [1.29, 1.82) is 0 Å². The van der Waals surface area contributed by atoms with Crippen LogP contribution in [0.1, 0.15) is 20.3 Å². The van der Waals surface area contributed by atoms with E-state index in [1.165, 1.54) is 0 Å². The van der Waals surface area contributed by atoms with Gasteiger partial charge in [0.1, 0.15) is 0 Å². The van der Waals surface area contributed by atoms with Crippen molar-refractivity contribution in [2.75, 3.05) is 26.4 Å². The lowest BCUT2D eigenvalue weighted by molar-refractivity contribution is -0.137. The van der Waals surface area contributed by atoms with Crippen molar-refractivity contribution in [2.45, 2.75) is 26.3 Å². The summed E-state index contributed by atoms with van der Waals surface area (Å²) in [5, 5.41) is 9.13. The minimum atomic E-state index is -0.188. The van der Waals surface area contributed by atoms with Crippen LogP contribution in [0.5, 0.6) is 0 Å². The third-order valence-electron chi connectivity index (χ3n) is 2.55. The molecule has 86 valence electrons. The van der Waals surface area contributed by atoms with E-state index < -0.39 is 0 Å². The number of nitrogens with zero attached hydrogens (tertiary/aromatic N) is 1. The molecule has 0 saturated carbocycles. The van der Waals surface area contributed by atoms with E-state index in [1.54, 1.807) is 4.90 Å². The first-order valence-electron chi connectivity index (χ1n) is 5.37. The maximum absolute atomic E-state index is 11.9. The molecule has 0 aromatic carbocycles. The molecule has 0 radical (unpaired) electrons. The average molecular weight is 213 g/mol. The summed E-state index contributed by atoms with van der Waals surface area (Å²) in [6.07, 6.45) is 2.76. The van der Waals surface area contributed by atoms with Gasteiger partial charge in [-0.05, 0) is 13.3 Å². The average Bonchev–Trinajstić information content (AvgIpc) is 2.28. The summed E-state index contributed by atoms with van der Waals surface area (Å²) in [4.78, 5) is 13.6. The molecule has 15 heavy (non-hydrogen) atoms. The molecule has 1 unspecified atom stereocenters. The molecule has 1 fully saturated rings. The molecule has 0 spiro atoms. The molecule has 1 saturated heterocycles. The normalized spacial score (nSPS) is 23.0. The van der Waals surface area contributed by atoms with E-state index in [-0.39, 0.29) is 18.6 Å². The van der Waals surface area contributed by atoms with Gasteiger partial charge >= 0.3 is 0 Å². The van der Waals surface area contributed by atoms with E-state index in [1.807, 2.05) is 19.9 Å². The van der Waals surface area contributed by atoms with E-state index in [9.17, 15) is 4.79 Å². The monoisotopic (exact) mass is 213 g/mol. The first-order chi connectivity index (χ1) is 7.20. The molecule has 4 nitrogen and oxygen atoms in total. The summed E-state index contributed by atoms with van der Waals surface area (Å²) in [6.45, 7) is 5.34. The number of carbonyl (C=O) groups excluding carboxylic acids is 1. The zero-order valence-corrected chi connectivity index (χ0v) is 9.40. The fourth-order valence-electron chi connectivity index (χ4n) is 1.69. The Labute approximate surface area is 90.5 Å². The fraction of sp³-hybridized carbons (Fsp3) is 0.727. The SMILES string of the molecule is CC/C=C(/C)C(=O)N1CCOCC1CO. The van der Waals surface area contributed by atoms with Crippen LogP contribution in [-0.2, 0) is 9.53 Å². The molecule has 1 aliphatic rings. The van der Waals surface area contributed by atoms with Crippen molar-refractivity contribution in [3.63, 3.8) is 0 Å². The Morgan fingerprint density at radius 2 is 2.40 bits per heavy atom. The van der Waals surface area contributed by atoms with Crippen LogP contribution in [0.2, 0.25) is 0 Å². The van der Waals surface area contributed by atoms with E-state index in [0.29, 0.717) is 19.8 Å². The number of hydrogen-bond acceptors (Lipinski definition) is 3. The summed E-state index contributed by atoms with van der Waals surface area (Å²) < 4.78 is 5.22. The molecule has 0 aromatic rings. The van der Waals surface area contributed by atoms with Crippen LogP contribution in [0.25, 0.3) is 0 Å². The van der Waals surface area contributed by atoms with Gasteiger partial charge in [0.05, 0.1) is 25.9 Å². The van der Waals surface area contributed by atoms with Gasteiger partial charge in [-0.15, -0.1) is 0 Å². The minimum Gasteiger partial charge on any atom is -0.394 e. The molecule has 1 N–H and O–H groups in total. The van der Waals surface area contributed by atoms with E-state index >= 15 is 0 Å². The lowest BCUT2D eigenvalue weighted by Crippen LogP contribution is -2.50. The molecule has 1 amide bonds. The predicted molar refractivity (Wildman–Crippen MR) is 57.5 cm³/mol. The fourth-order valence-corrected chi connectivity index (χ4v) is 1.69. The number of amides is 1. The molecule has 1 atom stereocenters. The third kappa shape index (κ3) is 3.04. The quantitative estimate of drug-likeness (QED) is 0.697. The van der Waals surface area contributed by atoms with Crippen molar-refractivity contribution < 1.29 is 14.6 Å². The number of hydrogen-bond donors (Lipinski definition) is 1. The smallest absolute Gasteiger partial charge is 0.249 e. The first kappa shape index (κ1) is 12.2. The number of rotatable bonds is 3. The largest absolute Gasteiger partial charge is 0.394 e. The van der Waals surface area contributed by atoms with Crippen LogP contribution < -0.4 is 0 Å². The van der Waals surface area contributed by atoms with Gasteiger partial charge in [-0.3, -0.25) is 4.79 Å². The summed E-state index contributed by atoms with van der Waals surface area (Å²) in [5.41, 5.74) is 0.748. The van der Waals surface area contributed by atoms with Crippen LogP contribution in [0.15, 0.2) is 11.6 Å². The van der Waals surface area contributed by atoms with Gasteiger partial charge in [0.15, 0.2) is 0 Å². The number of aliphatic hydroxyl groups excluding tert-OH is 1. The maximum atomic E-state index is 11.9. The zero-order valence-electron chi connectivity index (χ0n) is 9.40. The van der Waals surface area contributed by atoms with Gasteiger partial charge in [-0.1, -0.05) is 13.0 Å². The molecule has 0 aromatic heterocycles. The maximum Gasteiger partial charge on any atom is 0.249 e. The number of carbonyl (C=O) groups is 1. The number of allylic oxidation sites excluding steroid dienone is 1. The molecule has 1 aliphatic heterocycles. The third-order valence-corrected chi connectivity index (χ3v) is 2.55. The molecule has 1 rings (SSSR count). The highest BCUT2D eigenvalue weighted by Crippen LogP contribution is 2.11. The number of ether oxygens (including phenoxy) is 1. The van der Waals surface area contributed by atoms with Gasteiger partial charge in [0.2, 0.25) is 5.91 Å². The van der Waals surface area contributed by atoms with Crippen molar-refractivity contribution in [3.05, 3.63) is 11.6 Å². The van der Waals surface area contributed by atoms with E-state index in [4.69, 9.17) is 9.84 Å². The second kappa shape index (κ2) is 5.88. The molecule has 0 aliphatic carbocycles. The van der Waals surface area contributed by atoms with Crippen molar-refractivity contribution >= 4 is 5.91 Å². The predicted octanol–water partition coefficient (Wildman–Crippen LogP) is 0.562. The van der Waals surface area contributed by atoms with Crippen LogP contribution >= 0.6 is 0 Å². The summed E-state index contributed by atoms with van der Waals surface area (Å²) in [7, 11) is 0. The Morgan fingerprint density at radius 3 is 3.00 bits per heavy atom. The second-order valence-electron chi connectivity index (χ2n) is 3.71. The van der Waals surface area contributed by atoms with Crippen LogP contribution in [0.4, 0.5) is 0 Å². The Morgan fingerprint density at radius 1 is 1.67 bits per heavy atom. The van der Waals surface area contributed by atoms with Crippen LogP contribution in [0, 0.1) is 0 Å². The summed E-state index contributed by atoms with van der Waals surface area (Å²) in [5.74, 6) is 0.0131. The van der Waals surface area contributed by atoms with Crippen molar-refractivity contribution in [3.8, 4) is 0 Å². The van der Waals surface area contributed by atoms with Crippen LogP contribution in [-0.4, -0.2) is 48.3 Å². The molecule has 1 heterocycles. The van der Waals surface area contributed by atoms with Gasteiger partial charge < -0.3 is 14.7 Å². The van der Waals surface area contributed by atoms with E-state index in [0.717, 1.165) is 12.0 Å². The highest BCUT2D eigenvalue weighted by Gasteiger charge is 2.26. The summed E-state index contributed by atoms with van der Waals surface area (Å²) in [6, 6.07) is -0.188. The van der Waals surface area contributed by atoms with Crippen molar-refractivity contribution in [1.82, 2.24) is 4.90 Å². The van der Waals surface area contributed by atoms with Gasteiger partial charge in [0, 0.05) is 12.1 Å². The van der Waals surface area contributed by atoms with Crippen molar-refractivity contribution in [2.24, 2.45) is 0 Å². The molecule has 4 heteroatoms. The van der Waals surface area contributed by atoms with Gasteiger partial charge in [-0.25, -0.2) is 0 Å². The topological polar surface area (TPSA) is 49.8 Å². The second-order valence-corrected chi connectivity index (χ2v) is 3.71. The molecule has 0 bridgehead atoms. The van der Waals surface area contributed by atoms with Gasteiger partial charge in [-0.2, -0.15) is 0 Å². The number of morpholine rings is 1.